The van der Waals surface area contributed by atoms with E-state index in [-0.39, 0.29) is 11.4 Å². The highest BCUT2D eigenvalue weighted by molar-refractivity contribution is 7.99. The Morgan fingerprint density at radius 3 is 3.12 bits per heavy atom. The van der Waals surface area contributed by atoms with E-state index in [2.05, 4.69) is 15.3 Å². The van der Waals surface area contributed by atoms with Crippen LogP contribution in [-0.2, 0) is 0 Å². The Hall–Kier alpha value is -1.50. The lowest BCUT2D eigenvalue weighted by Crippen LogP contribution is -2.30. The maximum atomic E-state index is 11.7. The van der Waals surface area contributed by atoms with Gasteiger partial charge < -0.3 is 15.4 Å². The van der Waals surface area contributed by atoms with Crippen LogP contribution in [0.15, 0.2) is 6.33 Å². The summed E-state index contributed by atoms with van der Waals surface area (Å²) in [6.45, 7) is 0.581. The van der Waals surface area contributed by atoms with E-state index in [1.807, 2.05) is 11.8 Å². The van der Waals surface area contributed by atoms with Crippen LogP contribution in [0.3, 0.4) is 0 Å². The maximum Gasteiger partial charge on any atom is 0.354 e. The quantitative estimate of drug-likeness (QED) is 0.732. The molecule has 1 fully saturated rings. The van der Waals surface area contributed by atoms with Crippen LogP contribution in [-0.4, -0.2) is 45.0 Å². The number of hydrogen-bond donors (Lipinski definition) is 3. The van der Waals surface area contributed by atoms with Crippen LogP contribution < -0.4 is 5.32 Å². The van der Waals surface area contributed by atoms with E-state index >= 15 is 0 Å². The number of H-pyrrole nitrogens is 1. The van der Waals surface area contributed by atoms with Crippen molar-refractivity contribution in [2.45, 2.75) is 6.42 Å². The lowest BCUT2D eigenvalue weighted by atomic mass is 10.1. The summed E-state index contributed by atoms with van der Waals surface area (Å²) in [5.74, 6) is 1.05. The zero-order valence-electron chi connectivity index (χ0n) is 9.10. The van der Waals surface area contributed by atoms with Gasteiger partial charge in [-0.3, -0.25) is 4.79 Å². The molecule has 6 nitrogen and oxygen atoms in total. The van der Waals surface area contributed by atoms with Gasteiger partial charge in [-0.25, -0.2) is 9.78 Å². The number of imidazole rings is 1. The zero-order valence-corrected chi connectivity index (χ0v) is 9.92. The first kappa shape index (κ1) is 12.0. The second kappa shape index (κ2) is 5.22. The topological polar surface area (TPSA) is 95.1 Å². The maximum absolute atomic E-state index is 11.7. The number of nitrogens with zero attached hydrogens (tertiary/aromatic N) is 1. The molecular weight excluding hydrogens is 242 g/mol. The number of hydrogen-bond acceptors (Lipinski definition) is 4. The van der Waals surface area contributed by atoms with Gasteiger partial charge in [-0.2, -0.15) is 11.8 Å². The fraction of sp³-hybridized carbons (Fsp3) is 0.500. The predicted molar refractivity (Wildman–Crippen MR) is 63.3 cm³/mol. The molecule has 1 saturated heterocycles. The van der Waals surface area contributed by atoms with Gasteiger partial charge in [0.05, 0.1) is 6.33 Å². The molecule has 1 amide bonds. The van der Waals surface area contributed by atoms with Crippen LogP contribution in [0.5, 0.6) is 0 Å². The second-order valence-corrected chi connectivity index (χ2v) is 5.02. The summed E-state index contributed by atoms with van der Waals surface area (Å²) >= 11 is 1.87. The smallest absolute Gasteiger partial charge is 0.354 e. The number of aromatic nitrogens is 2. The van der Waals surface area contributed by atoms with Gasteiger partial charge in [0.25, 0.3) is 5.91 Å². The normalized spacial score (nSPS) is 19.2. The van der Waals surface area contributed by atoms with Gasteiger partial charge in [0, 0.05) is 6.54 Å². The monoisotopic (exact) mass is 255 g/mol. The molecule has 1 aliphatic rings. The number of rotatable bonds is 4. The Morgan fingerprint density at radius 2 is 2.47 bits per heavy atom. The fourth-order valence-corrected chi connectivity index (χ4v) is 2.98. The molecule has 17 heavy (non-hydrogen) atoms. The van der Waals surface area contributed by atoms with E-state index in [9.17, 15) is 9.59 Å². The van der Waals surface area contributed by atoms with Gasteiger partial charge in [-0.1, -0.05) is 0 Å². The molecule has 1 atom stereocenters. The van der Waals surface area contributed by atoms with Crippen molar-refractivity contribution in [2.75, 3.05) is 18.1 Å². The van der Waals surface area contributed by atoms with Crippen molar-refractivity contribution in [2.24, 2.45) is 5.92 Å². The third-order valence-corrected chi connectivity index (χ3v) is 3.88. The molecule has 0 bridgehead atoms. The van der Waals surface area contributed by atoms with E-state index in [1.54, 1.807) is 0 Å². The van der Waals surface area contributed by atoms with Crippen molar-refractivity contribution in [3.63, 3.8) is 0 Å². The first-order valence-electron chi connectivity index (χ1n) is 5.31. The van der Waals surface area contributed by atoms with Crippen LogP contribution >= 0.6 is 11.8 Å². The van der Waals surface area contributed by atoms with E-state index in [4.69, 9.17) is 5.11 Å². The Morgan fingerprint density at radius 1 is 1.65 bits per heavy atom. The van der Waals surface area contributed by atoms with Crippen LogP contribution in [0.25, 0.3) is 0 Å². The standard InChI is InChI=1S/C10H13N3O3S/c14-9(11-3-6-1-2-17-4-6)7-8(10(15)16)13-5-12-7/h5-6H,1-4H2,(H,11,14)(H,12,13)(H,15,16). The van der Waals surface area contributed by atoms with Gasteiger partial charge in [-0.05, 0) is 23.8 Å². The predicted octanol–water partition coefficient (Wildman–Crippen LogP) is 0.591. The van der Waals surface area contributed by atoms with Crippen LogP contribution in [0.4, 0.5) is 0 Å². The summed E-state index contributed by atoms with van der Waals surface area (Å²) in [5, 5.41) is 11.6. The SMILES string of the molecule is O=C(NCC1CCSC1)c1nc[nH]c1C(=O)O. The molecular formula is C10H13N3O3S. The van der Waals surface area contributed by atoms with Crippen molar-refractivity contribution in [3.8, 4) is 0 Å². The van der Waals surface area contributed by atoms with Gasteiger partial charge in [0.15, 0.2) is 11.4 Å². The highest BCUT2D eigenvalue weighted by atomic mass is 32.2. The second-order valence-electron chi connectivity index (χ2n) is 3.87. The Kier molecular flexibility index (Phi) is 3.68. The molecule has 0 aliphatic carbocycles. The number of carbonyl (C=O) groups excluding carboxylic acids is 1. The number of carboxylic acid groups (broad SMARTS) is 1. The summed E-state index contributed by atoms with van der Waals surface area (Å²) in [4.78, 5) is 28.7. The minimum Gasteiger partial charge on any atom is -0.477 e. The molecule has 0 aromatic carbocycles. The largest absolute Gasteiger partial charge is 0.477 e. The van der Waals surface area contributed by atoms with Gasteiger partial charge in [-0.15, -0.1) is 0 Å². The third-order valence-electron chi connectivity index (χ3n) is 2.64. The third kappa shape index (κ3) is 2.79. The number of carboxylic acids is 1. The van der Waals surface area contributed by atoms with Crippen molar-refractivity contribution >= 4 is 23.6 Å². The molecule has 2 heterocycles. The Balaban J connectivity index is 1.94. The molecule has 3 N–H and O–H groups in total. The Labute approximate surface area is 102 Å². The number of amides is 1. The van der Waals surface area contributed by atoms with Crippen molar-refractivity contribution in [3.05, 3.63) is 17.7 Å². The summed E-state index contributed by atoms with van der Waals surface area (Å²) in [5.41, 5.74) is -0.216. The average molecular weight is 255 g/mol. The lowest BCUT2D eigenvalue weighted by Gasteiger charge is -2.08. The van der Waals surface area contributed by atoms with Crippen LogP contribution in [0, 0.1) is 5.92 Å². The highest BCUT2D eigenvalue weighted by Crippen LogP contribution is 2.22. The van der Waals surface area contributed by atoms with Crippen molar-refractivity contribution < 1.29 is 14.7 Å². The number of thioether (sulfide) groups is 1. The summed E-state index contributed by atoms with van der Waals surface area (Å²) in [6, 6.07) is 0. The zero-order chi connectivity index (χ0) is 12.3. The van der Waals surface area contributed by atoms with E-state index in [0.29, 0.717) is 12.5 Å². The number of aromatic amines is 1. The molecule has 1 aromatic heterocycles. The van der Waals surface area contributed by atoms with E-state index < -0.39 is 11.9 Å². The minimum atomic E-state index is -1.18. The van der Waals surface area contributed by atoms with Crippen LogP contribution in [0.2, 0.25) is 0 Å². The van der Waals surface area contributed by atoms with Crippen LogP contribution in [0.1, 0.15) is 27.4 Å². The molecule has 2 rings (SSSR count). The summed E-state index contributed by atoms with van der Waals surface area (Å²) in [7, 11) is 0. The Bertz CT molecular complexity index is 426. The first-order valence-corrected chi connectivity index (χ1v) is 6.46. The van der Waals surface area contributed by atoms with E-state index in [1.165, 1.54) is 6.33 Å². The van der Waals surface area contributed by atoms with Gasteiger partial charge >= 0.3 is 5.97 Å². The summed E-state index contributed by atoms with van der Waals surface area (Å²) < 4.78 is 0. The molecule has 0 spiro atoms. The highest BCUT2D eigenvalue weighted by Gasteiger charge is 2.21. The minimum absolute atomic E-state index is 0.0526. The van der Waals surface area contributed by atoms with Crippen molar-refractivity contribution in [1.82, 2.24) is 15.3 Å². The molecule has 1 aromatic rings. The molecule has 7 heteroatoms. The molecule has 1 aliphatic heterocycles. The van der Waals surface area contributed by atoms with Gasteiger partial charge in [0.2, 0.25) is 0 Å². The first-order chi connectivity index (χ1) is 8.18. The number of carbonyl (C=O) groups is 2. The summed E-state index contributed by atoms with van der Waals surface area (Å²) in [6.07, 6.45) is 2.31. The molecule has 0 radical (unpaired) electrons. The number of aromatic carboxylic acids is 1. The van der Waals surface area contributed by atoms with E-state index in [0.717, 1.165) is 17.9 Å². The number of nitrogens with one attached hydrogen (secondary N) is 2. The molecule has 1 unspecified atom stereocenters. The molecule has 0 saturated carbocycles. The van der Waals surface area contributed by atoms with Crippen molar-refractivity contribution in [1.29, 1.82) is 0 Å². The fourth-order valence-electron chi connectivity index (χ4n) is 1.69. The molecule has 92 valence electrons. The lowest BCUT2D eigenvalue weighted by molar-refractivity contribution is 0.0685. The van der Waals surface area contributed by atoms with Gasteiger partial charge in [0.1, 0.15) is 0 Å². The average Bonchev–Trinajstić information content (AvgIpc) is 2.96.